The van der Waals surface area contributed by atoms with Gasteiger partial charge in [0.05, 0.1) is 17.4 Å². The first-order chi connectivity index (χ1) is 10.4. The SMILES string of the molecule is Cc1ccc(CNCC(O)c2cccc(C(F)(F)F)c2)nc1. The van der Waals surface area contributed by atoms with Gasteiger partial charge in [0.1, 0.15) is 0 Å². The quantitative estimate of drug-likeness (QED) is 0.891. The number of aromatic nitrogens is 1. The summed E-state index contributed by atoms with van der Waals surface area (Å²) in [5.74, 6) is 0. The van der Waals surface area contributed by atoms with Crippen molar-refractivity contribution in [1.29, 1.82) is 0 Å². The highest BCUT2D eigenvalue weighted by atomic mass is 19.4. The van der Waals surface area contributed by atoms with E-state index in [-0.39, 0.29) is 12.1 Å². The van der Waals surface area contributed by atoms with Crippen molar-refractivity contribution in [3.8, 4) is 0 Å². The largest absolute Gasteiger partial charge is 0.416 e. The van der Waals surface area contributed by atoms with Crippen LogP contribution < -0.4 is 5.32 Å². The number of halogens is 3. The maximum absolute atomic E-state index is 12.6. The summed E-state index contributed by atoms with van der Waals surface area (Å²) in [7, 11) is 0. The second-order valence-corrected chi connectivity index (χ2v) is 5.10. The Hall–Kier alpha value is -1.92. The van der Waals surface area contributed by atoms with Crippen molar-refractivity contribution in [3.63, 3.8) is 0 Å². The lowest BCUT2D eigenvalue weighted by atomic mass is 10.1. The van der Waals surface area contributed by atoms with Gasteiger partial charge in [0.25, 0.3) is 0 Å². The summed E-state index contributed by atoms with van der Waals surface area (Å²) in [6.45, 7) is 2.52. The van der Waals surface area contributed by atoms with Crippen LogP contribution in [-0.2, 0) is 12.7 Å². The standard InChI is InChI=1S/C16H17F3N2O/c1-11-5-6-14(21-8-11)9-20-10-15(22)12-3-2-4-13(7-12)16(17,18)19/h2-8,15,20,22H,9-10H2,1H3. The van der Waals surface area contributed by atoms with E-state index in [0.717, 1.165) is 23.4 Å². The van der Waals surface area contributed by atoms with Crippen molar-refractivity contribution in [2.75, 3.05) is 6.54 Å². The molecule has 0 aliphatic carbocycles. The normalized spacial score (nSPS) is 13.1. The van der Waals surface area contributed by atoms with Crippen LogP contribution in [0.3, 0.4) is 0 Å². The maximum Gasteiger partial charge on any atom is 0.416 e. The fourth-order valence-electron chi connectivity index (χ4n) is 1.98. The number of aliphatic hydroxyl groups is 1. The van der Waals surface area contributed by atoms with Gasteiger partial charge >= 0.3 is 6.18 Å². The van der Waals surface area contributed by atoms with Crippen molar-refractivity contribution >= 4 is 0 Å². The van der Waals surface area contributed by atoms with Gasteiger partial charge < -0.3 is 10.4 Å². The van der Waals surface area contributed by atoms with Gasteiger partial charge in [-0.15, -0.1) is 0 Å². The van der Waals surface area contributed by atoms with Gasteiger partial charge in [0, 0.05) is 19.3 Å². The van der Waals surface area contributed by atoms with Crippen molar-refractivity contribution in [3.05, 3.63) is 65.0 Å². The zero-order valence-corrected chi connectivity index (χ0v) is 12.1. The molecule has 1 unspecified atom stereocenters. The number of pyridine rings is 1. The summed E-state index contributed by atoms with van der Waals surface area (Å²) in [4.78, 5) is 4.20. The number of alkyl halides is 3. The molecular formula is C16H17F3N2O. The smallest absolute Gasteiger partial charge is 0.387 e. The molecule has 1 heterocycles. The van der Waals surface area contributed by atoms with Gasteiger partial charge in [-0.25, -0.2) is 0 Å². The Morgan fingerprint density at radius 1 is 1.23 bits per heavy atom. The molecule has 0 aliphatic heterocycles. The number of nitrogens with one attached hydrogen (secondary N) is 1. The van der Waals surface area contributed by atoms with E-state index in [1.54, 1.807) is 6.20 Å². The van der Waals surface area contributed by atoms with Gasteiger partial charge in [-0.1, -0.05) is 18.2 Å². The molecule has 0 amide bonds. The number of rotatable bonds is 5. The molecule has 1 aromatic heterocycles. The molecule has 22 heavy (non-hydrogen) atoms. The third-order valence-corrected chi connectivity index (χ3v) is 3.22. The van der Waals surface area contributed by atoms with Crippen LogP contribution in [0.1, 0.15) is 28.5 Å². The van der Waals surface area contributed by atoms with E-state index in [4.69, 9.17) is 0 Å². The summed E-state index contributed by atoms with van der Waals surface area (Å²) in [5, 5.41) is 13.0. The van der Waals surface area contributed by atoms with Crippen molar-refractivity contribution in [2.24, 2.45) is 0 Å². The minimum absolute atomic E-state index is 0.150. The average molecular weight is 310 g/mol. The van der Waals surface area contributed by atoms with Gasteiger partial charge in [0.15, 0.2) is 0 Å². The summed E-state index contributed by atoms with van der Waals surface area (Å²) in [6.07, 6.45) is -3.68. The van der Waals surface area contributed by atoms with E-state index in [1.807, 2.05) is 19.1 Å². The van der Waals surface area contributed by atoms with Crippen LogP contribution in [-0.4, -0.2) is 16.6 Å². The highest BCUT2D eigenvalue weighted by Gasteiger charge is 2.30. The number of nitrogens with zero attached hydrogens (tertiary/aromatic N) is 1. The number of hydrogen-bond acceptors (Lipinski definition) is 3. The van der Waals surface area contributed by atoms with Crippen LogP contribution >= 0.6 is 0 Å². The molecule has 0 saturated heterocycles. The fraction of sp³-hybridized carbons (Fsp3) is 0.312. The molecule has 0 radical (unpaired) electrons. The van der Waals surface area contributed by atoms with Gasteiger partial charge in [0.2, 0.25) is 0 Å². The predicted molar refractivity (Wildman–Crippen MR) is 77.1 cm³/mol. The lowest BCUT2D eigenvalue weighted by Crippen LogP contribution is -2.22. The fourth-order valence-corrected chi connectivity index (χ4v) is 1.98. The number of aryl methyl sites for hydroxylation is 1. The summed E-state index contributed by atoms with van der Waals surface area (Å²) in [5.41, 5.74) is 1.33. The highest BCUT2D eigenvalue weighted by Crippen LogP contribution is 2.30. The van der Waals surface area contributed by atoms with E-state index < -0.39 is 17.8 Å². The number of hydrogen-bond donors (Lipinski definition) is 2. The molecule has 2 aromatic rings. The minimum Gasteiger partial charge on any atom is -0.387 e. The molecule has 1 aromatic carbocycles. The van der Waals surface area contributed by atoms with Crippen molar-refractivity contribution in [2.45, 2.75) is 25.7 Å². The Morgan fingerprint density at radius 2 is 2.00 bits per heavy atom. The van der Waals surface area contributed by atoms with E-state index in [1.165, 1.54) is 12.1 Å². The van der Waals surface area contributed by atoms with E-state index in [0.29, 0.717) is 6.54 Å². The van der Waals surface area contributed by atoms with Crippen LogP contribution in [0.25, 0.3) is 0 Å². The monoisotopic (exact) mass is 310 g/mol. The zero-order valence-electron chi connectivity index (χ0n) is 12.1. The second kappa shape index (κ2) is 6.89. The predicted octanol–water partition coefficient (Wildman–Crippen LogP) is 3.23. The Kier molecular flexibility index (Phi) is 5.15. The maximum atomic E-state index is 12.6. The molecule has 3 nitrogen and oxygen atoms in total. The van der Waals surface area contributed by atoms with Crippen molar-refractivity contribution in [1.82, 2.24) is 10.3 Å². The molecule has 2 N–H and O–H groups in total. The molecular weight excluding hydrogens is 293 g/mol. The first kappa shape index (κ1) is 16.5. The Labute approximate surface area is 126 Å². The lowest BCUT2D eigenvalue weighted by Gasteiger charge is -2.14. The van der Waals surface area contributed by atoms with Crippen LogP contribution in [0, 0.1) is 6.92 Å². The topological polar surface area (TPSA) is 45.1 Å². The number of benzene rings is 1. The van der Waals surface area contributed by atoms with Crippen LogP contribution in [0.15, 0.2) is 42.6 Å². The molecule has 0 bridgehead atoms. The Bertz CT molecular complexity index is 612. The molecule has 0 spiro atoms. The second-order valence-electron chi connectivity index (χ2n) is 5.10. The van der Waals surface area contributed by atoms with E-state index in [9.17, 15) is 18.3 Å². The molecule has 118 valence electrons. The average Bonchev–Trinajstić information content (AvgIpc) is 2.48. The number of aliphatic hydroxyl groups excluding tert-OH is 1. The third-order valence-electron chi connectivity index (χ3n) is 3.22. The Morgan fingerprint density at radius 3 is 2.64 bits per heavy atom. The first-order valence-electron chi connectivity index (χ1n) is 6.84. The van der Waals surface area contributed by atoms with E-state index >= 15 is 0 Å². The van der Waals surface area contributed by atoms with Gasteiger partial charge in [-0.2, -0.15) is 13.2 Å². The lowest BCUT2D eigenvalue weighted by molar-refractivity contribution is -0.137. The molecule has 1 atom stereocenters. The zero-order chi connectivity index (χ0) is 16.2. The van der Waals surface area contributed by atoms with Crippen molar-refractivity contribution < 1.29 is 18.3 Å². The molecule has 2 rings (SSSR count). The third kappa shape index (κ3) is 4.54. The van der Waals surface area contributed by atoms with E-state index in [2.05, 4.69) is 10.3 Å². The van der Waals surface area contributed by atoms with Crippen LogP contribution in [0.4, 0.5) is 13.2 Å². The first-order valence-corrected chi connectivity index (χ1v) is 6.84. The van der Waals surface area contributed by atoms with Gasteiger partial charge in [-0.3, -0.25) is 4.98 Å². The molecule has 0 aliphatic rings. The summed E-state index contributed by atoms with van der Waals surface area (Å²) in [6, 6.07) is 8.51. The summed E-state index contributed by atoms with van der Waals surface area (Å²) < 4.78 is 37.9. The highest BCUT2D eigenvalue weighted by molar-refractivity contribution is 5.27. The Balaban J connectivity index is 1.92. The van der Waals surface area contributed by atoms with Gasteiger partial charge in [-0.05, 0) is 36.2 Å². The molecule has 0 saturated carbocycles. The van der Waals surface area contributed by atoms with Crippen LogP contribution in [0.2, 0.25) is 0 Å². The molecule has 0 fully saturated rings. The molecule has 6 heteroatoms. The van der Waals surface area contributed by atoms with Crippen LogP contribution in [0.5, 0.6) is 0 Å². The summed E-state index contributed by atoms with van der Waals surface area (Å²) >= 11 is 0. The minimum atomic E-state index is -4.41.